The third-order valence-electron chi connectivity index (χ3n) is 4.29. The molecule has 1 aromatic heterocycles. The SMILES string of the molecule is CCC(CC)(CC)C(CO)Sc1nc(OC)cc(OC)n1. The molecule has 120 valence electrons. The quantitative estimate of drug-likeness (QED) is 0.558. The molecular formula is C15H26N2O3S. The van der Waals surface area contributed by atoms with Gasteiger partial charge in [-0.3, -0.25) is 0 Å². The predicted molar refractivity (Wildman–Crippen MR) is 85.2 cm³/mol. The minimum absolute atomic E-state index is 0.0503. The van der Waals surface area contributed by atoms with E-state index in [1.54, 1.807) is 20.3 Å². The molecule has 1 N–H and O–H groups in total. The van der Waals surface area contributed by atoms with E-state index < -0.39 is 0 Å². The molecule has 1 heterocycles. The number of rotatable bonds is 9. The Morgan fingerprint density at radius 3 is 1.90 bits per heavy atom. The Hall–Kier alpha value is -1.01. The van der Waals surface area contributed by atoms with Crippen molar-refractivity contribution < 1.29 is 14.6 Å². The first-order valence-electron chi connectivity index (χ1n) is 7.33. The van der Waals surface area contributed by atoms with Crippen LogP contribution < -0.4 is 9.47 Å². The first-order valence-corrected chi connectivity index (χ1v) is 8.21. The Balaban J connectivity index is 3.05. The number of thioether (sulfide) groups is 1. The van der Waals surface area contributed by atoms with Crippen LogP contribution in [0.2, 0.25) is 0 Å². The standard InChI is InChI=1S/C15H26N2O3S/c1-6-15(7-2,8-3)11(10-18)21-14-16-12(19-4)9-13(17-14)20-5/h9,11,18H,6-8,10H2,1-5H3. The first-order chi connectivity index (χ1) is 10.1. The molecule has 0 radical (unpaired) electrons. The lowest BCUT2D eigenvalue weighted by atomic mass is 9.77. The Bertz CT molecular complexity index is 408. The van der Waals surface area contributed by atoms with Crippen LogP contribution in [0.25, 0.3) is 0 Å². The van der Waals surface area contributed by atoms with Gasteiger partial charge in [0, 0.05) is 5.25 Å². The van der Waals surface area contributed by atoms with Gasteiger partial charge < -0.3 is 14.6 Å². The van der Waals surface area contributed by atoms with Crippen molar-refractivity contribution in [2.75, 3.05) is 20.8 Å². The smallest absolute Gasteiger partial charge is 0.220 e. The van der Waals surface area contributed by atoms with Crippen LogP contribution in [0.4, 0.5) is 0 Å². The number of nitrogens with zero attached hydrogens (tertiary/aromatic N) is 2. The summed E-state index contributed by atoms with van der Waals surface area (Å²) in [6.07, 6.45) is 3.04. The summed E-state index contributed by atoms with van der Waals surface area (Å²) in [5, 5.41) is 10.5. The molecule has 0 aliphatic heterocycles. The summed E-state index contributed by atoms with van der Waals surface area (Å²) >= 11 is 1.50. The van der Waals surface area contributed by atoms with E-state index in [2.05, 4.69) is 30.7 Å². The zero-order valence-corrected chi connectivity index (χ0v) is 14.4. The number of methoxy groups -OCH3 is 2. The monoisotopic (exact) mass is 314 g/mol. The molecule has 0 fully saturated rings. The van der Waals surface area contributed by atoms with Crippen molar-refractivity contribution in [2.45, 2.75) is 50.4 Å². The predicted octanol–water partition coefficient (Wildman–Crippen LogP) is 3.16. The fourth-order valence-corrected chi connectivity index (χ4v) is 3.93. The van der Waals surface area contributed by atoms with E-state index in [1.807, 2.05) is 0 Å². The van der Waals surface area contributed by atoms with Crippen LogP contribution in [0.5, 0.6) is 11.8 Å². The lowest BCUT2D eigenvalue weighted by Crippen LogP contribution is -2.34. The maximum atomic E-state index is 9.83. The van der Waals surface area contributed by atoms with Crippen LogP contribution in [0.1, 0.15) is 40.0 Å². The number of aliphatic hydroxyl groups excluding tert-OH is 1. The summed E-state index contributed by atoms with van der Waals surface area (Å²) in [4.78, 5) is 8.69. The molecule has 0 amide bonds. The lowest BCUT2D eigenvalue weighted by Gasteiger charge is -2.37. The normalized spacial score (nSPS) is 13.0. The van der Waals surface area contributed by atoms with Crippen LogP contribution in [0.15, 0.2) is 11.2 Å². The highest BCUT2D eigenvalue weighted by molar-refractivity contribution is 7.99. The highest BCUT2D eigenvalue weighted by Gasteiger charge is 2.35. The minimum atomic E-state index is 0.0503. The maximum absolute atomic E-state index is 9.83. The summed E-state index contributed by atoms with van der Waals surface area (Å²) in [5.74, 6) is 0.937. The van der Waals surface area contributed by atoms with Crippen molar-refractivity contribution in [3.8, 4) is 11.8 Å². The molecule has 0 saturated carbocycles. The van der Waals surface area contributed by atoms with Crippen LogP contribution >= 0.6 is 11.8 Å². The van der Waals surface area contributed by atoms with Crippen molar-refractivity contribution in [1.29, 1.82) is 0 Å². The van der Waals surface area contributed by atoms with Crippen molar-refractivity contribution in [3.63, 3.8) is 0 Å². The molecule has 1 rings (SSSR count). The van der Waals surface area contributed by atoms with Crippen molar-refractivity contribution in [3.05, 3.63) is 6.07 Å². The van der Waals surface area contributed by atoms with E-state index in [4.69, 9.17) is 9.47 Å². The van der Waals surface area contributed by atoms with E-state index in [9.17, 15) is 5.11 Å². The molecule has 0 saturated heterocycles. The Labute approximate surface area is 131 Å². The molecule has 0 bridgehead atoms. The summed E-state index contributed by atoms with van der Waals surface area (Å²) in [6.45, 7) is 6.61. The molecular weight excluding hydrogens is 288 g/mol. The van der Waals surface area contributed by atoms with Crippen molar-refractivity contribution in [1.82, 2.24) is 9.97 Å². The Morgan fingerprint density at radius 2 is 1.57 bits per heavy atom. The van der Waals surface area contributed by atoms with Gasteiger partial charge in [-0.05, 0) is 24.7 Å². The van der Waals surface area contributed by atoms with Gasteiger partial charge in [-0.2, -0.15) is 9.97 Å². The number of aromatic nitrogens is 2. The van der Waals surface area contributed by atoms with Crippen LogP contribution in [0, 0.1) is 5.41 Å². The second-order valence-corrected chi connectivity index (χ2v) is 6.12. The highest BCUT2D eigenvalue weighted by Crippen LogP contribution is 2.43. The molecule has 0 aliphatic carbocycles. The van der Waals surface area contributed by atoms with Gasteiger partial charge in [-0.25, -0.2) is 0 Å². The highest BCUT2D eigenvalue weighted by atomic mass is 32.2. The molecule has 1 atom stereocenters. The summed E-state index contributed by atoms with van der Waals surface area (Å²) in [6, 6.07) is 1.64. The van der Waals surface area contributed by atoms with Crippen LogP contribution in [0.3, 0.4) is 0 Å². The van der Waals surface area contributed by atoms with Gasteiger partial charge in [-0.15, -0.1) is 0 Å². The van der Waals surface area contributed by atoms with E-state index in [0.29, 0.717) is 16.9 Å². The first kappa shape index (κ1) is 18.0. The van der Waals surface area contributed by atoms with E-state index >= 15 is 0 Å². The van der Waals surface area contributed by atoms with Gasteiger partial charge in [-0.1, -0.05) is 32.5 Å². The number of aliphatic hydroxyl groups is 1. The van der Waals surface area contributed by atoms with Gasteiger partial charge in [0.1, 0.15) is 0 Å². The van der Waals surface area contributed by atoms with Crippen LogP contribution in [-0.2, 0) is 0 Å². The third-order valence-corrected chi connectivity index (χ3v) is 5.61. The molecule has 1 unspecified atom stereocenters. The molecule has 6 heteroatoms. The average molecular weight is 314 g/mol. The number of ether oxygens (including phenoxy) is 2. The lowest BCUT2D eigenvalue weighted by molar-refractivity contribution is 0.172. The van der Waals surface area contributed by atoms with E-state index in [-0.39, 0.29) is 17.3 Å². The topological polar surface area (TPSA) is 64.5 Å². The Kier molecular flexibility index (Phi) is 7.25. The zero-order valence-electron chi connectivity index (χ0n) is 13.5. The Morgan fingerprint density at radius 1 is 1.10 bits per heavy atom. The number of hydrogen-bond donors (Lipinski definition) is 1. The van der Waals surface area contributed by atoms with E-state index in [1.165, 1.54) is 11.8 Å². The number of hydrogen-bond acceptors (Lipinski definition) is 6. The molecule has 0 aliphatic rings. The van der Waals surface area contributed by atoms with Gasteiger partial charge in [0.15, 0.2) is 5.16 Å². The van der Waals surface area contributed by atoms with Gasteiger partial charge >= 0.3 is 0 Å². The molecule has 5 nitrogen and oxygen atoms in total. The summed E-state index contributed by atoms with van der Waals surface area (Å²) in [5.41, 5.74) is 0.0824. The maximum Gasteiger partial charge on any atom is 0.220 e. The minimum Gasteiger partial charge on any atom is -0.481 e. The summed E-state index contributed by atoms with van der Waals surface area (Å²) < 4.78 is 10.3. The van der Waals surface area contributed by atoms with Crippen molar-refractivity contribution in [2.24, 2.45) is 5.41 Å². The van der Waals surface area contributed by atoms with Gasteiger partial charge in [0.05, 0.1) is 26.9 Å². The molecule has 0 aromatic carbocycles. The molecule has 0 spiro atoms. The van der Waals surface area contributed by atoms with Crippen LogP contribution in [-0.4, -0.2) is 41.2 Å². The second kappa shape index (κ2) is 8.44. The second-order valence-electron chi connectivity index (χ2n) is 4.95. The molecule has 21 heavy (non-hydrogen) atoms. The van der Waals surface area contributed by atoms with E-state index in [0.717, 1.165) is 19.3 Å². The van der Waals surface area contributed by atoms with Crippen molar-refractivity contribution >= 4 is 11.8 Å². The third kappa shape index (κ3) is 4.23. The van der Waals surface area contributed by atoms with Gasteiger partial charge in [0.25, 0.3) is 0 Å². The average Bonchev–Trinajstić information content (AvgIpc) is 2.55. The molecule has 1 aromatic rings. The fourth-order valence-electron chi connectivity index (χ4n) is 2.56. The zero-order chi connectivity index (χ0) is 15.9. The largest absolute Gasteiger partial charge is 0.481 e. The fraction of sp³-hybridized carbons (Fsp3) is 0.733. The van der Waals surface area contributed by atoms with Gasteiger partial charge in [0.2, 0.25) is 11.8 Å². The summed E-state index contributed by atoms with van der Waals surface area (Å²) in [7, 11) is 3.13.